The van der Waals surface area contributed by atoms with E-state index >= 15 is 0 Å². The number of nitro groups is 2. The topological polar surface area (TPSA) is 86.3 Å². The van der Waals surface area contributed by atoms with Crippen molar-refractivity contribution in [3.05, 3.63) is 41.7 Å². The molecule has 0 heterocycles. The van der Waals surface area contributed by atoms with Gasteiger partial charge >= 0.3 is 0 Å². The quantitative estimate of drug-likeness (QED) is 0.443. The molecule has 1 aliphatic rings. The molecular formula is C7H7IN2O4. The monoisotopic (exact) mass is 310 g/mol. The lowest BCUT2D eigenvalue weighted by molar-refractivity contribution is -0.551. The summed E-state index contributed by atoms with van der Waals surface area (Å²) in [6, 6.07) is 0. The predicted molar refractivity (Wildman–Crippen MR) is 57.2 cm³/mol. The summed E-state index contributed by atoms with van der Waals surface area (Å²) >= 11 is 1.88. The molecule has 0 aromatic heterocycles. The first-order valence-corrected chi connectivity index (χ1v) is 4.81. The van der Waals surface area contributed by atoms with Crippen molar-refractivity contribution in [1.29, 1.82) is 0 Å². The first-order chi connectivity index (χ1) is 6.35. The highest BCUT2D eigenvalue weighted by atomic mass is 127. The molecule has 0 aliphatic heterocycles. The third kappa shape index (κ3) is 2.08. The zero-order valence-corrected chi connectivity index (χ0v) is 9.42. The van der Waals surface area contributed by atoms with Crippen LogP contribution in [0.25, 0.3) is 0 Å². The van der Waals surface area contributed by atoms with Crippen LogP contribution in [0.1, 0.15) is 13.3 Å². The summed E-state index contributed by atoms with van der Waals surface area (Å²) in [6.45, 7) is 1.38. The Morgan fingerprint density at radius 1 is 1.50 bits per heavy atom. The van der Waals surface area contributed by atoms with E-state index < -0.39 is 15.4 Å². The molecule has 1 aliphatic carbocycles. The smallest absolute Gasteiger partial charge is 0.264 e. The maximum absolute atomic E-state index is 10.7. The molecule has 7 heteroatoms. The molecule has 0 aromatic carbocycles. The SMILES string of the molecule is C[C@]1([N+](=O)[O-])C=C([N+](=O)[O-])C=C(I)C1. The van der Waals surface area contributed by atoms with Crippen molar-refractivity contribution in [3.8, 4) is 0 Å². The Bertz CT molecular complexity index is 363. The number of nitrogens with zero attached hydrogens (tertiary/aromatic N) is 2. The standard InChI is InChI=1S/C7H7IN2O4/c1-7(10(13)14)3-5(8)2-6(4-7)9(11)12/h2,4H,3H2,1H3/t7-/m1/s1. The van der Waals surface area contributed by atoms with E-state index in [9.17, 15) is 20.2 Å². The second kappa shape index (κ2) is 3.64. The van der Waals surface area contributed by atoms with Crippen molar-refractivity contribution in [2.45, 2.75) is 18.9 Å². The molecule has 0 unspecified atom stereocenters. The third-order valence-electron chi connectivity index (χ3n) is 1.92. The van der Waals surface area contributed by atoms with Crippen LogP contribution < -0.4 is 0 Å². The summed E-state index contributed by atoms with van der Waals surface area (Å²) in [5.74, 6) is 0. The molecule has 0 saturated heterocycles. The van der Waals surface area contributed by atoms with Crippen LogP contribution in [0.4, 0.5) is 0 Å². The number of hydrogen-bond acceptors (Lipinski definition) is 4. The van der Waals surface area contributed by atoms with Crippen molar-refractivity contribution in [2.24, 2.45) is 0 Å². The van der Waals surface area contributed by atoms with Gasteiger partial charge in [0.1, 0.15) is 0 Å². The minimum Gasteiger partial charge on any atom is -0.264 e. The van der Waals surface area contributed by atoms with Gasteiger partial charge in [-0.1, -0.05) is 0 Å². The second-order valence-electron chi connectivity index (χ2n) is 3.21. The summed E-state index contributed by atoms with van der Waals surface area (Å²) in [5, 5.41) is 21.2. The first-order valence-electron chi connectivity index (χ1n) is 3.73. The van der Waals surface area contributed by atoms with Crippen LogP contribution in [0.2, 0.25) is 0 Å². The zero-order chi connectivity index (χ0) is 10.9. The summed E-state index contributed by atoms with van der Waals surface area (Å²) in [7, 11) is 0. The third-order valence-corrected chi connectivity index (χ3v) is 2.61. The van der Waals surface area contributed by atoms with E-state index in [2.05, 4.69) is 0 Å². The Morgan fingerprint density at radius 2 is 2.07 bits per heavy atom. The Balaban J connectivity index is 3.14. The van der Waals surface area contributed by atoms with Gasteiger partial charge < -0.3 is 0 Å². The lowest BCUT2D eigenvalue weighted by Gasteiger charge is -2.18. The zero-order valence-electron chi connectivity index (χ0n) is 7.27. The van der Waals surface area contributed by atoms with Gasteiger partial charge in [0.15, 0.2) is 0 Å². The predicted octanol–water partition coefficient (Wildman–Crippen LogP) is 1.91. The lowest BCUT2D eigenvalue weighted by atomic mass is 9.93. The molecule has 0 aromatic rings. The van der Waals surface area contributed by atoms with E-state index in [-0.39, 0.29) is 12.1 Å². The summed E-state index contributed by atoms with van der Waals surface area (Å²) in [4.78, 5) is 20.1. The van der Waals surface area contributed by atoms with Crippen LogP contribution >= 0.6 is 22.6 Å². The highest BCUT2D eigenvalue weighted by Gasteiger charge is 2.40. The van der Waals surface area contributed by atoms with E-state index in [0.29, 0.717) is 3.58 Å². The summed E-state index contributed by atoms with van der Waals surface area (Å²) in [6.07, 6.45) is 2.65. The number of halogens is 1. The molecule has 0 bridgehead atoms. The van der Waals surface area contributed by atoms with Crippen LogP contribution in [-0.2, 0) is 0 Å². The van der Waals surface area contributed by atoms with E-state index in [0.717, 1.165) is 6.08 Å². The number of rotatable bonds is 2. The largest absolute Gasteiger partial charge is 0.273 e. The van der Waals surface area contributed by atoms with Crippen LogP contribution in [-0.4, -0.2) is 15.4 Å². The minimum absolute atomic E-state index is 0.206. The first kappa shape index (κ1) is 11.1. The fourth-order valence-electron chi connectivity index (χ4n) is 1.19. The fourth-order valence-corrected chi connectivity index (χ4v) is 2.28. The van der Waals surface area contributed by atoms with Gasteiger partial charge in [-0.15, -0.1) is 0 Å². The highest BCUT2D eigenvalue weighted by Crippen LogP contribution is 2.32. The molecule has 0 radical (unpaired) electrons. The average Bonchev–Trinajstić information content (AvgIpc) is 2.02. The number of allylic oxidation sites excluding steroid dienone is 1. The van der Waals surface area contributed by atoms with Gasteiger partial charge in [-0.05, 0) is 22.6 Å². The van der Waals surface area contributed by atoms with Crippen LogP contribution in [0.15, 0.2) is 21.4 Å². The van der Waals surface area contributed by atoms with Gasteiger partial charge in [0, 0.05) is 21.5 Å². The summed E-state index contributed by atoms with van der Waals surface area (Å²) in [5.41, 5.74) is -1.56. The van der Waals surface area contributed by atoms with E-state index in [1.165, 1.54) is 13.0 Å². The van der Waals surface area contributed by atoms with E-state index in [4.69, 9.17) is 0 Å². The molecule has 0 amide bonds. The molecule has 0 spiro atoms. The Labute approximate surface area is 93.1 Å². The van der Waals surface area contributed by atoms with Gasteiger partial charge in [-0.3, -0.25) is 20.2 Å². The molecule has 14 heavy (non-hydrogen) atoms. The lowest BCUT2D eigenvalue weighted by Crippen LogP contribution is -2.35. The van der Waals surface area contributed by atoms with Crippen molar-refractivity contribution >= 4 is 22.6 Å². The molecule has 1 atom stereocenters. The molecule has 0 saturated carbocycles. The molecule has 1 rings (SSSR count). The van der Waals surface area contributed by atoms with Crippen LogP contribution in [0.5, 0.6) is 0 Å². The normalized spacial score (nSPS) is 26.4. The van der Waals surface area contributed by atoms with Gasteiger partial charge in [0.2, 0.25) is 5.54 Å². The molecule has 0 N–H and O–H groups in total. The van der Waals surface area contributed by atoms with Crippen LogP contribution in [0.3, 0.4) is 0 Å². The van der Waals surface area contributed by atoms with Crippen molar-refractivity contribution in [3.63, 3.8) is 0 Å². The molecular weight excluding hydrogens is 303 g/mol. The van der Waals surface area contributed by atoms with Gasteiger partial charge in [-0.2, -0.15) is 0 Å². The molecule has 6 nitrogen and oxygen atoms in total. The minimum atomic E-state index is -1.35. The highest BCUT2D eigenvalue weighted by molar-refractivity contribution is 14.1. The average molecular weight is 310 g/mol. The summed E-state index contributed by atoms with van der Waals surface area (Å²) < 4.78 is 0.621. The Kier molecular flexibility index (Phi) is 2.88. The molecule has 0 fully saturated rings. The van der Waals surface area contributed by atoms with Gasteiger partial charge in [0.25, 0.3) is 5.70 Å². The fraction of sp³-hybridized carbons (Fsp3) is 0.429. The Morgan fingerprint density at radius 3 is 2.50 bits per heavy atom. The van der Waals surface area contributed by atoms with Gasteiger partial charge in [-0.25, -0.2) is 0 Å². The number of hydrogen-bond donors (Lipinski definition) is 0. The van der Waals surface area contributed by atoms with Crippen molar-refractivity contribution in [2.75, 3.05) is 0 Å². The maximum atomic E-state index is 10.7. The van der Waals surface area contributed by atoms with Crippen molar-refractivity contribution in [1.82, 2.24) is 0 Å². The maximum Gasteiger partial charge on any atom is 0.273 e. The van der Waals surface area contributed by atoms with E-state index in [1.54, 1.807) is 0 Å². The molecule has 76 valence electrons. The van der Waals surface area contributed by atoms with Gasteiger partial charge in [0.05, 0.1) is 17.4 Å². The van der Waals surface area contributed by atoms with Crippen molar-refractivity contribution < 1.29 is 9.85 Å². The Hall–Kier alpha value is -0.990. The van der Waals surface area contributed by atoms with E-state index in [1.807, 2.05) is 22.6 Å². The second-order valence-corrected chi connectivity index (χ2v) is 4.59. The van der Waals surface area contributed by atoms with Crippen LogP contribution in [0, 0.1) is 20.2 Å².